The van der Waals surface area contributed by atoms with Crippen LogP contribution in [0.3, 0.4) is 0 Å². The molecular weight excluding hydrogens is 244 g/mol. The third-order valence-corrected chi connectivity index (χ3v) is 4.51. The number of rotatable bonds is 3. The van der Waals surface area contributed by atoms with E-state index in [9.17, 15) is 4.79 Å². The van der Waals surface area contributed by atoms with Crippen molar-refractivity contribution >= 4 is 5.91 Å². The van der Waals surface area contributed by atoms with Crippen molar-refractivity contribution in [3.05, 3.63) is 0 Å². The number of amides is 1. The van der Waals surface area contributed by atoms with Crippen molar-refractivity contribution in [2.45, 2.75) is 64.2 Å². The van der Waals surface area contributed by atoms with Crippen LogP contribution < -0.4 is 21.5 Å². The zero-order valence-corrected chi connectivity index (χ0v) is 11.6. The van der Waals surface area contributed by atoms with Gasteiger partial charge >= 0.3 is 0 Å². The van der Waals surface area contributed by atoms with Gasteiger partial charge in [0.25, 0.3) is 0 Å². The van der Waals surface area contributed by atoms with Crippen LogP contribution in [0, 0.1) is 11.8 Å². The number of hydrogen-bond donors (Lipinski definition) is 4. The minimum absolute atomic E-state index is 0.0227. The largest absolute Gasteiger partial charge is 0.324 e. The summed E-state index contributed by atoms with van der Waals surface area (Å²) in [6.45, 7) is 4.36. The molecule has 3 fully saturated rings. The van der Waals surface area contributed by atoms with Crippen molar-refractivity contribution in [3.63, 3.8) is 0 Å². The lowest BCUT2D eigenvalue weighted by Crippen LogP contribution is -2.56. The van der Waals surface area contributed by atoms with Crippen molar-refractivity contribution in [2.24, 2.45) is 11.8 Å². The standard InChI is InChI=1S/C13H24N4O2/c1-7-3-6-10(14-8(7)2)11(18)15-13-17-16-12(19-13)9-4-5-9/h7-10,12-14,16-17H,3-6H2,1-2H3,(H,15,18). The highest BCUT2D eigenvalue weighted by Gasteiger charge is 2.38. The molecule has 0 aromatic heterocycles. The predicted molar refractivity (Wildman–Crippen MR) is 70.6 cm³/mol. The Balaban J connectivity index is 1.46. The molecule has 2 aliphatic heterocycles. The number of carbonyl (C=O) groups excluding carboxylic acids is 1. The van der Waals surface area contributed by atoms with Crippen LogP contribution >= 0.6 is 0 Å². The van der Waals surface area contributed by atoms with Crippen molar-refractivity contribution < 1.29 is 9.53 Å². The minimum atomic E-state index is -0.408. The number of nitrogens with one attached hydrogen (secondary N) is 4. The predicted octanol–water partition coefficient (Wildman–Crippen LogP) is 0.0233. The molecule has 1 aliphatic carbocycles. The molecule has 6 heteroatoms. The zero-order valence-electron chi connectivity index (χ0n) is 11.6. The molecular formula is C13H24N4O2. The first-order chi connectivity index (χ1) is 9.13. The summed E-state index contributed by atoms with van der Waals surface area (Å²) in [6.07, 6.45) is 4.04. The summed E-state index contributed by atoms with van der Waals surface area (Å²) in [5.74, 6) is 1.25. The lowest BCUT2D eigenvalue weighted by molar-refractivity contribution is -0.129. The minimum Gasteiger partial charge on any atom is -0.324 e. The summed E-state index contributed by atoms with van der Waals surface area (Å²) in [5.41, 5.74) is 6.07. The fourth-order valence-electron chi connectivity index (χ4n) is 2.75. The fraction of sp³-hybridized carbons (Fsp3) is 0.923. The molecule has 3 rings (SSSR count). The molecule has 0 bridgehead atoms. The van der Waals surface area contributed by atoms with E-state index < -0.39 is 6.35 Å². The van der Waals surface area contributed by atoms with Crippen LogP contribution in [0.1, 0.15) is 39.5 Å². The second kappa shape index (κ2) is 5.36. The van der Waals surface area contributed by atoms with Crippen molar-refractivity contribution in [1.29, 1.82) is 0 Å². The van der Waals surface area contributed by atoms with Gasteiger partial charge in [-0.1, -0.05) is 6.92 Å². The van der Waals surface area contributed by atoms with Gasteiger partial charge in [0.2, 0.25) is 12.3 Å². The average molecular weight is 268 g/mol. The third-order valence-electron chi connectivity index (χ3n) is 4.51. The monoisotopic (exact) mass is 268 g/mol. The van der Waals surface area contributed by atoms with Gasteiger partial charge in [0.15, 0.2) is 0 Å². The highest BCUT2D eigenvalue weighted by molar-refractivity contribution is 5.82. The quantitative estimate of drug-likeness (QED) is 0.581. The van der Waals surface area contributed by atoms with Gasteiger partial charge in [0.05, 0.1) is 6.04 Å². The van der Waals surface area contributed by atoms with Gasteiger partial charge in [-0.15, -0.1) is 0 Å². The Kier molecular flexibility index (Phi) is 3.75. The van der Waals surface area contributed by atoms with Crippen molar-refractivity contribution in [3.8, 4) is 0 Å². The molecule has 5 atom stereocenters. The SMILES string of the molecule is CC1CCC(C(=O)NC2NNC(C3CC3)O2)NC1C. The third kappa shape index (κ3) is 3.08. The van der Waals surface area contributed by atoms with E-state index in [1.807, 2.05) is 0 Å². The molecule has 0 spiro atoms. The van der Waals surface area contributed by atoms with Crippen LogP contribution in [0.25, 0.3) is 0 Å². The van der Waals surface area contributed by atoms with Crippen LogP contribution in [-0.2, 0) is 9.53 Å². The molecule has 0 aromatic carbocycles. The van der Waals surface area contributed by atoms with Crippen LogP contribution in [0.2, 0.25) is 0 Å². The maximum atomic E-state index is 12.2. The van der Waals surface area contributed by atoms with E-state index in [4.69, 9.17) is 4.74 Å². The van der Waals surface area contributed by atoms with Crippen LogP contribution in [-0.4, -0.2) is 30.6 Å². The Bertz CT molecular complexity index is 348. The maximum Gasteiger partial charge on any atom is 0.240 e. The Morgan fingerprint density at radius 1 is 1.16 bits per heavy atom. The lowest BCUT2D eigenvalue weighted by atomic mass is 9.89. The molecule has 1 amide bonds. The lowest BCUT2D eigenvalue weighted by Gasteiger charge is -2.33. The molecule has 2 saturated heterocycles. The normalized spacial score (nSPS) is 43.2. The van der Waals surface area contributed by atoms with Crippen LogP contribution in [0.5, 0.6) is 0 Å². The summed E-state index contributed by atoms with van der Waals surface area (Å²) in [6, 6.07) is 0.288. The summed E-state index contributed by atoms with van der Waals surface area (Å²) in [4.78, 5) is 12.2. The Morgan fingerprint density at radius 3 is 2.63 bits per heavy atom. The summed E-state index contributed by atoms with van der Waals surface area (Å²) in [5, 5.41) is 6.27. The van der Waals surface area contributed by atoms with E-state index in [1.54, 1.807) is 0 Å². The average Bonchev–Trinajstić information content (AvgIpc) is 3.14. The molecule has 0 aromatic rings. The number of carbonyl (C=O) groups is 1. The van der Waals surface area contributed by atoms with E-state index in [1.165, 1.54) is 12.8 Å². The van der Waals surface area contributed by atoms with Gasteiger partial charge in [0, 0.05) is 6.04 Å². The highest BCUT2D eigenvalue weighted by Crippen LogP contribution is 2.34. The maximum absolute atomic E-state index is 12.2. The Morgan fingerprint density at radius 2 is 1.95 bits per heavy atom. The number of hydrazine groups is 1. The van der Waals surface area contributed by atoms with Gasteiger partial charge < -0.3 is 15.4 Å². The van der Waals surface area contributed by atoms with Crippen molar-refractivity contribution in [2.75, 3.05) is 0 Å². The van der Waals surface area contributed by atoms with E-state index in [0.29, 0.717) is 17.9 Å². The number of hydrogen-bond acceptors (Lipinski definition) is 5. The molecule has 2 heterocycles. The number of ether oxygens (including phenoxy) is 1. The topological polar surface area (TPSA) is 74.4 Å². The Hall–Kier alpha value is -0.690. The van der Waals surface area contributed by atoms with E-state index >= 15 is 0 Å². The van der Waals surface area contributed by atoms with Crippen molar-refractivity contribution in [1.82, 2.24) is 21.5 Å². The van der Waals surface area contributed by atoms with E-state index in [2.05, 4.69) is 35.3 Å². The van der Waals surface area contributed by atoms with Gasteiger partial charge in [-0.25, -0.2) is 10.9 Å². The molecule has 6 nitrogen and oxygen atoms in total. The van der Waals surface area contributed by atoms with Crippen LogP contribution in [0.15, 0.2) is 0 Å². The zero-order chi connectivity index (χ0) is 13.4. The highest BCUT2D eigenvalue weighted by atomic mass is 16.6. The van der Waals surface area contributed by atoms with Crippen LogP contribution in [0.4, 0.5) is 0 Å². The summed E-state index contributed by atoms with van der Waals surface area (Å²) in [7, 11) is 0. The fourth-order valence-corrected chi connectivity index (χ4v) is 2.75. The molecule has 0 radical (unpaired) electrons. The van der Waals surface area contributed by atoms with Gasteiger partial charge in [-0.2, -0.15) is 0 Å². The first-order valence-corrected chi connectivity index (χ1v) is 7.36. The summed E-state index contributed by atoms with van der Waals surface area (Å²) < 4.78 is 5.71. The molecule has 3 aliphatic rings. The van der Waals surface area contributed by atoms with Gasteiger partial charge in [0.1, 0.15) is 6.23 Å². The van der Waals surface area contributed by atoms with E-state index in [0.717, 1.165) is 12.8 Å². The first-order valence-electron chi connectivity index (χ1n) is 7.36. The summed E-state index contributed by atoms with van der Waals surface area (Å²) >= 11 is 0. The smallest absolute Gasteiger partial charge is 0.240 e. The van der Waals surface area contributed by atoms with E-state index in [-0.39, 0.29) is 18.2 Å². The molecule has 5 unspecified atom stereocenters. The van der Waals surface area contributed by atoms with Gasteiger partial charge in [-0.05, 0) is 44.4 Å². The molecule has 19 heavy (non-hydrogen) atoms. The number of piperidine rings is 1. The Labute approximate surface area is 114 Å². The molecule has 108 valence electrons. The second-order valence-corrected chi connectivity index (χ2v) is 6.13. The second-order valence-electron chi connectivity index (χ2n) is 6.13. The first kappa shape index (κ1) is 13.3. The molecule has 1 saturated carbocycles. The molecule has 4 N–H and O–H groups in total. The van der Waals surface area contributed by atoms with Gasteiger partial charge in [-0.3, -0.25) is 4.79 Å².